The van der Waals surface area contributed by atoms with Gasteiger partial charge in [-0.1, -0.05) is 25.7 Å². The van der Waals surface area contributed by atoms with Crippen molar-refractivity contribution in [2.45, 2.75) is 62.7 Å². The Kier molecular flexibility index (Phi) is 3.85. The molecule has 82 valence electrons. The molecule has 0 heterocycles. The summed E-state index contributed by atoms with van der Waals surface area (Å²) >= 11 is 0. The smallest absolute Gasteiger partial charge is 0.00741 e. The number of nitrogens with zero attached hydrogens (tertiary/aromatic N) is 1. The van der Waals surface area contributed by atoms with Gasteiger partial charge in [0.05, 0.1) is 0 Å². The molecule has 2 aliphatic carbocycles. The van der Waals surface area contributed by atoms with Crippen molar-refractivity contribution in [2.24, 2.45) is 0 Å². The second-order valence-electron chi connectivity index (χ2n) is 5.10. The van der Waals surface area contributed by atoms with Gasteiger partial charge in [-0.2, -0.15) is 0 Å². The molecule has 2 fully saturated rings. The Morgan fingerprint density at radius 3 is 1.43 bits per heavy atom. The van der Waals surface area contributed by atoms with Crippen LogP contribution in [0.4, 0.5) is 0 Å². The highest BCUT2D eigenvalue weighted by Gasteiger charge is 2.33. The molecule has 0 amide bonds. The van der Waals surface area contributed by atoms with E-state index < -0.39 is 0 Å². The molecule has 0 spiro atoms. The van der Waals surface area contributed by atoms with Gasteiger partial charge in [-0.05, 0) is 59.2 Å². The van der Waals surface area contributed by atoms with Crippen molar-refractivity contribution in [3.63, 3.8) is 0 Å². The average molecular weight is 213 g/mol. The minimum Gasteiger partial charge on any atom is -0.288 e. The highest BCUT2D eigenvalue weighted by molar-refractivity contribution is 7.56. The molecular weight excluding hydrogens is 189 g/mol. The molecule has 2 saturated carbocycles. The highest BCUT2D eigenvalue weighted by Crippen LogP contribution is 2.57. The first-order chi connectivity index (χ1) is 6.79. The quantitative estimate of drug-likeness (QED) is 0.644. The van der Waals surface area contributed by atoms with Gasteiger partial charge in [0.15, 0.2) is 0 Å². The van der Waals surface area contributed by atoms with Crippen LogP contribution in [0.25, 0.3) is 0 Å². The van der Waals surface area contributed by atoms with Gasteiger partial charge < -0.3 is 0 Å². The van der Waals surface area contributed by atoms with E-state index in [1.807, 2.05) is 0 Å². The van der Waals surface area contributed by atoms with Crippen LogP contribution in [0.1, 0.15) is 51.4 Å². The highest BCUT2D eigenvalue weighted by atomic mass is 31.1. The van der Waals surface area contributed by atoms with E-state index >= 15 is 0 Å². The van der Waals surface area contributed by atoms with E-state index in [1.165, 1.54) is 51.4 Å². The molecule has 2 aliphatic rings. The summed E-state index contributed by atoms with van der Waals surface area (Å²) in [6, 6.07) is 0. The molecule has 0 radical (unpaired) electrons. The Balaban J connectivity index is 1.98. The third kappa shape index (κ3) is 2.31. The van der Waals surface area contributed by atoms with Crippen LogP contribution in [-0.4, -0.2) is 30.1 Å². The Morgan fingerprint density at radius 1 is 0.786 bits per heavy atom. The van der Waals surface area contributed by atoms with Gasteiger partial charge in [0, 0.05) is 0 Å². The van der Waals surface area contributed by atoms with E-state index in [2.05, 4.69) is 18.8 Å². The average Bonchev–Trinajstić information content (AvgIpc) is 2.75. The van der Waals surface area contributed by atoms with E-state index in [0.717, 1.165) is 11.3 Å². The monoisotopic (exact) mass is 213 g/mol. The van der Waals surface area contributed by atoms with Crippen LogP contribution in [-0.2, 0) is 0 Å². The first kappa shape index (κ1) is 10.9. The van der Waals surface area contributed by atoms with Gasteiger partial charge in [0.2, 0.25) is 0 Å². The lowest BCUT2D eigenvalue weighted by atomic mass is 10.4. The van der Waals surface area contributed by atoms with Crippen LogP contribution in [0.3, 0.4) is 0 Å². The van der Waals surface area contributed by atoms with E-state index in [4.69, 9.17) is 0 Å². The van der Waals surface area contributed by atoms with Crippen LogP contribution in [0.5, 0.6) is 0 Å². The zero-order chi connectivity index (χ0) is 9.97. The summed E-state index contributed by atoms with van der Waals surface area (Å²) in [5.41, 5.74) is 2.17. The predicted molar refractivity (Wildman–Crippen MR) is 65.1 cm³/mol. The molecule has 0 aromatic heterocycles. The third-order valence-electron chi connectivity index (χ3n) is 3.86. The Morgan fingerprint density at radius 2 is 1.14 bits per heavy atom. The molecule has 0 atom stereocenters. The Bertz CT molecular complexity index is 153. The van der Waals surface area contributed by atoms with Crippen LogP contribution in [0.2, 0.25) is 0 Å². The van der Waals surface area contributed by atoms with E-state index in [1.54, 1.807) is 0 Å². The van der Waals surface area contributed by atoms with Crippen molar-refractivity contribution in [3.8, 4) is 0 Å². The van der Waals surface area contributed by atoms with Crippen molar-refractivity contribution in [1.29, 1.82) is 0 Å². The normalized spacial score (nSPS) is 25.7. The first-order valence-corrected chi connectivity index (χ1v) is 7.68. The maximum absolute atomic E-state index is 2.58. The van der Waals surface area contributed by atoms with Crippen molar-refractivity contribution >= 4 is 8.07 Å². The fraction of sp³-hybridized carbons (Fsp3) is 1.00. The molecular formula is C12H24NP. The largest absolute Gasteiger partial charge is 0.288 e. The number of rotatable bonds is 3. The summed E-state index contributed by atoms with van der Waals surface area (Å²) in [5.74, 6) is 0. The van der Waals surface area contributed by atoms with Crippen molar-refractivity contribution in [3.05, 3.63) is 0 Å². The fourth-order valence-corrected chi connectivity index (χ4v) is 6.98. The molecule has 0 N–H and O–H groups in total. The maximum atomic E-state index is 2.58. The molecule has 0 aromatic carbocycles. The zero-order valence-corrected chi connectivity index (χ0v) is 10.6. The van der Waals surface area contributed by atoms with Gasteiger partial charge in [0.25, 0.3) is 0 Å². The van der Waals surface area contributed by atoms with E-state index in [0.29, 0.717) is 0 Å². The molecule has 0 aromatic rings. The van der Waals surface area contributed by atoms with E-state index in [-0.39, 0.29) is 8.07 Å². The molecule has 1 nitrogen and oxygen atoms in total. The second-order valence-corrected chi connectivity index (χ2v) is 8.12. The second kappa shape index (κ2) is 4.94. The van der Waals surface area contributed by atoms with Gasteiger partial charge in [-0.15, -0.1) is 0 Å². The summed E-state index contributed by atoms with van der Waals surface area (Å²) in [4.78, 5) is 0. The molecule has 0 aliphatic heterocycles. The van der Waals surface area contributed by atoms with Crippen LogP contribution in [0.15, 0.2) is 0 Å². The van der Waals surface area contributed by atoms with Crippen molar-refractivity contribution in [2.75, 3.05) is 14.1 Å². The fourth-order valence-electron chi connectivity index (χ4n) is 3.29. The minimum absolute atomic E-state index is 0.211. The molecule has 2 heteroatoms. The van der Waals surface area contributed by atoms with Crippen LogP contribution >= 0.6 is 8.07 Å². The number of hydrogen-bond acceptors (Lipinski definition) is 1. The maximum Gasteiger partial charge on any atom is -0.00741 e. The summed E-state index contributed by atoms with van der Waals surface area (Å²) in [6.45, 7) is 0. The summed E-state index contributed by atoms with van der Waals surface area (Å²) in [7, 11) is 4.85. The summed E-state index contributed by atoms with van der Waals surface area (Å²) < 4.78 is 2.58. The Labute approximate surface area is 90.1 Å². The van der Waals surface area contributed by atoms with Gasteiger partial charge in [0.1, 0.15) is 0 Å². The van der Waals surface area contributed by atoms with Crippen molar-refractivity contribution < 1.29 is 0 Å². The van der Waals surface area contributed by atoms with Crippen molar-refractivity contribution in [1.82, 2.24) is 4.67 Å². The number of hydrogen-bond donors (Lipinski definition) is 0. The lowest BCUT2D eigenvalue weighted by Crippen LogP contribution is -2.21. The molecule has 0 saturated heterocycles. The summed E-state index contributed by atoms with van der Waals surface area (Å²) in [6.07, 6.45) is 12.1. The Hall–Kier alpha value is 0.390. The standard InChI is InChI=1S/C12H24NP/c1-13(2)14(11-7-3-4-8-11)12-9-5-6-10-12/h11-12H,3-10H2,1-2H3. The molecule has 2 rings (SSSR count). The van der Waals surface area contributed by atoms with Crippen LogP contribution in [0, 0.1) is 0 Å². The van der Waals surface area contributed by atoms with Gasteiger partial charge in [-0.3, -0.25) is 4.67 Å². The minimum atomic E-state index is 0.211. The zero-order valence-electron chi connectivity index (χ0n) is 9.71. The SMILES string of the molecule is CN(C)P(C1CCCC1)C1CCCC1. The summed E-state index contributed by atoms with van der Waals surface area (Å²) in [5, 5.41) is 0. The molecule has 0 bridgehead atoms. The van der Waals surface area contributed by atoms with Crippen LogP contribution < -0.4 is 0 Å². The lowest BCUT2D eigenvalue weighted by molar-refractivity contribution is 0.631. The first-order valence-electron chi connectivity index (χ1n) is 6.24. The van der Waals surface area contributed by atoms with E-state index in [9.17, 15) is 0 Å². The topological polar surface area (TPSA) is 3.24 Å². The predicted octanol–water partition coefficient (Wildman–Crippen LogP) is 3.83. The molecule has 14 heavy (non-hydrogen) atoms. The molecule has 0 unspecified atom stereocenters. The lowest BCUT2D eigenvalue weighted by Gasteiger charge is -2.35. The van der Waals surface area contributed by atoms with Gasteiger partial charge in [-0.25, -0.2) is 0 Å². The van der Waals surface area contributed by atoms with Gasteiger partial charge >= 0.3 is 0 Å². The third-order valence-corrected chi connectivity index (χ3v) is 7.31.